The van der Waals surface area contributed by atoms with E-state index in [4.69, 9.17) is 9.47 Å². The standard InChI is InChI=1S/C15H14IN3O6/c1-3-25-13-9(16)6-8(7-11(13)24-2)4-5-10-12(19(22)23)14(20)18-15(21)17-10/h4-7H,3H2,1-2H3,(H2,17,18,20,21)/b5-4-. The summed E-state index contributed by atoms with van der Waals surface area (Å²) in [5.41, 5.74) is -2.16. The number of rotatable bonds is 6. The zero-order valence-corrected chi connectivity index (χ0v) is 15.4. The molecule has 0 aliphatic carbocycles. The molecule has 0 bridgehead atoms. The van der Waals surface area contributed by atoms with E-state index in [0.717, 1.165) is 3.57 Å². The number of nitro groups is 1. The molecule has 0 spiro atoms. The van der Waals surface area contributed by atoms with E-state index in [1.54, 1.807) is 12.1 Å². The van der Waals surface area contributed by atoms with E-state index in [1.807, 2.05) is 11.9 Å². The Morgan fingerprint density at radius 2 is 2.00 bits per heavy atom. The highest BCUT2D eigenvalue weighted by Gasteiger charge is 2.19. The molecular formula is C15H14IN3O6. The van der Waals surface area contributed by atoms with Crippen molar-refractivity contribution in [1.82, 2.24) is 9.97 Å². The van der Waals surface area contributed by atoms with Gasteiger partial charge in [-0.25, -0.2) is 4.79 Å². The van der Waals surface area contributed by atoms with Gasteiger partial charge in [0.05, 0.1) is 22.2 Å². The molecule has 1 aromatic heterocycles. The minimum atomic E-state index is -1.06. The fourth-order valence-electron chi connectivity index (χ4n) is 2.10. The fourth-order valence-corrected chi connectivity index (χ4v) is 2.88. The van der Waals surface area contributed by atoms with Crippen molar-refractivity contribution in [2.45, 2.75) is 6.92 Å². The summed E-state index contributed by atoms with van der Waals surface area (Å²) in [5, 5.41) is 11.0. The second-order valence-electron chi connectivity index (χ2n) is 4.73. The molecular weight excluding hydrogens is 445 g/mol. The number of nitrogens with one attached hydrogen (secondary N) is 2. The SMILES string of the molecule is CCOc1c(I)cc(/C=C\c2[nH]c(=O)[nH]c(=O)c2[N+](=O)[O-])cc1OC. The largest absolute Gasteiger partial charge is 0.493 e. The second kappa shape index (κ2) is 7.96. The van der Waals surface area contributed by atoms with Gasteiger partial charge in [0.1, 0.15) is 5.69 Å². The molecule has 0 amide bonds. The third kappa shape index (κ3) is 4.26. The van der Waals surface area contributed by atoms with Crippen LogP contribution in [0.3, 0.4) is 0 Å². The average Bonchev–Trinajstić information content (AvgIpc) is 2.53. The average molecular weight is 459 g/mol. The Bertz CT molecular complexity index is 947. The predicted molar refractivity (Wildman–Crippen MR) is 100 cm³/mol. The Morgan fingerprint density at radius 3 is 2.60 bits per heavy atom. The maximum Gasteiger partial charge on any atom is 0.357 e. The molecule has 0 aliphatic heterocycles. The maximum atomic E-state index is 11.6. The normalized spacial score (nSPS) is 10.8. The third-order valence-corrected chi connectivity index (χ3v) is 3.91. The van der Waals surface area contributed by atoms with E-state index < -0.39 is 21.9 Å². The zero-order valence-electron chi connectivity index (χ0n) is 13.3. The number of nitrogens with zero attached hydrogens (tertiary/aromatic N) is 1. The van der Waals surface area contributed by atoms with Crippen molar-refractivity contribution in [2.75, 3.05) is 13.7 Å². The molecule has 2 aromatic rings. The minimum Gasteiger partial charge on any atom is -0.493 e. The number of H-pyrrole nitrogens is 2. The van der Waals surface area contributed by atoms with Crippen LogP contribution >= 0.6 is 22.6 Å². The molecule has 132 valence electrons. The Hall–Kier alpha value is -2.63. The van der Waals surface area contributed by atoms with Crippen molar-refractivity contribution in [3.8, 4) is 11.5 Å². The Balaban J connectivity index is 2.50. The number of aromatic nitrogens is 2. The molecule has 0 atom stereocenters. The molecule has 0 unspecified atom stereocenters. The Morgan fingerprint density at radius 1 is 1.28 bits per heavy atom. The van der Waals surface area contributed by atoms with Crippen molar-refractivity contribution < 1.29 is 14.4 Å². The first-order valence-corrected chi connectivity index (χ1v) is 8.14. The first-order chi connectivity index (χ1) is 11.9. The number of hydrogen-bond acceptors (Lipinski definition) is 6. The smallest absolute Gasteiger partial charge is 0.357 e. The Kier molecular flexibility index (Phi) is 5.96. The lowest BCUT2D eigenvalue weighted by Crippen LogP contribution is -2.25. The van der Waals surface area contributed by atoms with Gasteiger partial charge in [-0.1, -0.05) is 6.08 Å². The van der Waals surface area contributed by atoms with Crippen LogP contribution in [0.4, 0.5) is 5.69 Å². The van der Waals surface area contributed by atoms with Gasteiger partial charge in [-0.2, -0.15) is 0 Å². The summed E-state index contributed by atoms with van der Waals surface area (Å²) in [4.78, 5) is 37.2. The van der Waals surface area contributed by atoms with Crippen LogP contribution in [0.5, 0.6) is 11.5 Å². The number of benzene rings is 1. The van der Waals surface area contributed by atoms with Crippen molar-refractivity contribution >= 4 is 40.4 Å². The number of aromatic amines is 2. The van der Waals surface area contributed by atoms with E-state index in [1.165, 1.54) is 19.3 Å². The van der Waals surface area contributed by atoms with Crippen LogP contribution in [-0.2, 0) is 0 Å². The molecule has 1 aromatic carbocycles. The highest BCUT2D eigenvalue weighted by Crippen LogP contribution is 2.34. The zero-order chi connectivity index (χ0) is 18.6. The quantitative estimate of drug-likeness (QED) is 0.387. The summed E-state index contributed by atoms with van der Waals surface area (Å²) >= 11 is 2.08. The summed E-state index contributed by atoms with van der Waals surface area (Å²) < 4.78 is 11.6. The van der Waals surface area contributed by atoms with Crippen LogP contribution < -0.4 is 20.7 Å². The monoisotopic (exact) mass is 459 g/mol. The summed E-state index contributed by atoms with van der Waals surface area (Å²) in [6.45, 7) is 2.33. The molecule has 0 radical (unpaired) electrons. The van der Waals surface area contributed by atoms with E-state index in [9.17, 15) is 19.7 Å². The molecule has 25 heavy (non-hydrogen) atoms. The van der Waals surface area contributed by atoms with Gasteiger partial charge >= 0.3 is 16.9 Å². The summed E-state index contributed by atoms with van der Waals surface area (Å²) in [7, 11) is 1.50. The van der Waals surface area contributed by atoms with Gasteiger partial charge in [-0.3, -0.25) is 19.9 Å². The van der Waals surface area contributed by atoms with Gasteiger partial charge in [0.25, 0.3) is 0 Å². The molecule has 2 rings (SSSR count). The van der Waals surface area contributed by atoms with E-state index in [0.29, 0.717) is 23.7 Å². The number of halogens is 1. The van der Waals surface area contributed by atoms with Gasteiger partial charge in [0, 0.05) is 0 Å². The summed E-state index contributed by atoms with van der Waals surface area (Å²) in [5.74, 6) is 1.10. The molecule has 0 fully saturated rings. The second-order valence-corrected chi connectivity index (χ2v) is 5.89. The lowest BCUT2D eigenvalue weighted by molar-refractivity contribution is -0.386. The van der Waals surface area contributed by atoms with Crippen LogP contribution in [0.1, 0.15) is 18.2 Å². The predicted octanol–water partition coefficient (Wildman–Crippen LogP) is 2.15. The van der Waals surface area contributed by atoms with Crippen molar-refractivity contribution in [3.63, 3.8) is 0 Å². The molecule has 10 heteroatoms. The maximum absolute atomic E-state index is 11.6. The molecule has 0 saturated heterocycles. The van der Waals surface area contributed by atoms with E-state index in [-0.39, 0.29) is 5.69 Å². The number of ether oxygens (including phenoxy) is 2. The molecule has 0 aliphatic rings. The van der Waals surface area contributed by atoms with Gasteiger partial charge in [-0.15, -0.1) is 0 Å². The van der Waals surface area contributed by atoms with Crippen LogP contribution in [0.15, 0.2) is 21.7 Å². The van der Waals surface area contributed by atoms with Gasteiger partial charge in [0.2, 0.25) is 0 Å². The number of methoxy groups -OCH3 is 1. The first-order valence-electron chi connectivity index (χ1n) is 7.06. The van der Waals surface area contributed by atoms with Crippen LogP contribution in [-0.4, -0.2) is 28.6 Å². The first kappa shape index (κ1) is 18.7. The third-order valence-electron chi connectivity index (χ3n) is 3.11. The molecule has 9 nitrogen and oxygen atoms in total. The topological polar surface area (TPSA) is 127 Å². The highest BCUT2D eigenvalue weighted by molar-refractivity contribution is 14.1. The van der Waals surface area contributed by atoms with Crippen molar-refractivity contribution in [1.29, 1.82) is 0 Å². The van der Waals surface area contributed by atoms with Crippen LogP contribution in [0, 0.1) is 13.7 Å². The van der Waals surface area contributed by atoms with Crippen molar-refractivity contribution in [2.24, 2.45) is 0 Å². The van der Waals surface area contributed by atoms with Crippen LogP contribution in [0.25, 0.3) is 12.2 Å². The fraction of sp³-hybridized carbons (Fsp3) is 0.200. The minimum absolute atomic E-state index is 0.193. The molecule has 1 heterocycles. The summed E-state index contributed by atoms with van der Waals surface area (Å²) in [6.07, 6.45) is 2.82. The molecule has 2 N–H and O–H groups in total. The molecule has 0 saturated carbocycles. The summed E-state index contributed by atoms with van der Waals surface area (Å²) in [6, 6.07) is 3.46. The Labute approximate surface area is 155 Å². The highest BCUT2D eigenvalue weighted by atomic mass is 127. The van der Waals surface area contributed by atoms with E-state index in [2.05, 4.69) is 27.6 Å². The van der Waals surface area contributed by atoms with Crippen LogP contribution in [0.2, 0.25) is 0 Å². The van der Waals surface area contributed by atoms with Gasteiger partial charge in [-0.05, 0) is 53.3 Å². The lowest BCUT2D eigenvalue weighted by atomic mass is 10.1. The van der Waals surface area contributed by atoms with Gasteiger partial charge < -0.3 is 14.5 Å². The van der Waals surface area contributed by atoms with Gasteiger partial charge in [0.15, 0.2) is 11.5 Å². The lowest BCUT2D eigenvalue weighted by Gasteiger charge is -2.12. The van der Waals surface area contributed by atoms with Crippen molar-refractivity contribution in [3.05, 3.63) is 57.9 Å². The number of hydrogen-bond donors (Lipinski definition) is 2. The van der Waals surface area contributed by atoms with E-state index >= 15 is 0 Å².